The van der Waals surface area contributed by atoms with Crippen LogP contribution in [0.25, 0.3) is 0 Å². The molecular weight excluding hydrogens is 232 g/mol. The number of aliphatic carboxylic acids is 1. The van der Waals surface area contributed by atoms with Crippen LogP contribution in [-0.4, -0.2) is 27.6 Å². The third-order valence-electron chi connectivity index (χ3n) is 2.71. The van der Waals surface area contributed by atoms with Crippen molar-refractivity contribution in [3.8, 4) is 0 Å². The number of aryl methyl sites for hydroxylation is 1. The number of nitrogens with zero attached hydrogens (tertiary/aromatic N) is 1. The van der Waals surface area contributed by atoms with Crippen LogP contribution in [0, 0.1) is 5.92 Å². The number of carbonyl (C=O) groups excluding carboxylic acids is 1. The predicted molar refractivity (Wildman–Crippen MR) is 68.5 cm³/mol. The molecule has 0 saturated carbocycles. The number of hydrogen-bond acceptors (Lipinski definition) is 2. The molecule has 1 amide bonds. The van der Waals surface area contributed by atoms with E-state index < -0.39 is 12.0 Å². The van der Waals surface area contributed by atoms with Crippen LogP contribution in [0.15, 0.2) is 18.3 Å². The molecule has 18 heavy (non-hydrogen) atoms. The van der Waals surface area contributed by atoms with Gasteiger partial charge in [0.2, 0.25) is 0 Å². The second kappa shape index (κ2) is 6.23. The molecule has 0 radical (unpaired) electrons. The maximum absolute atomic E-state index is 12.0. The van der Waals surface area contributed by atoms with E-state index in [-0.39, 0.29) is 11.8 Å². The van der Waals surface area contributed by atoms with E-state index >= 15 is 0 Å². The lowest BCUT2D eigenvalue weighted by Gasteiger charge is -2.17. The molecule has 1 atom stereocenters. The second-order valence-electron chi connectivity index (χ2n) is 4.67. The van der Waals surface area contributed by atoms with Crippen molar-refractivity contribution in [1.82, 2.24) is 9.88 Å². The molecule has 0 unspecified atom stereocenters. The Morgan fingerprint density at radius 1 is 1.44 bits per heavy atom. The van der Waals surface area contributed by atoms with Gasteiger partial charge in [0, 0.05) is 12.7 Å². The SMILES string of the molecule is CCn1cccc1C(=O)N[C@H](CC(C)C)C(=O)O. The van der Waals surface area contributed by atoms with Gasteiger partial charge < -0.3 is 15.0 Å². The summed E-state index contributed by atoms with van der Waals surface area (Å²) in [4.78, 5) is 23.1. The van der Waals surface area contributed by atoms with Gasteiger partial charge in [-0.1, -0.05) is 13.8 Å². The monoisotopic (exact) mass is 252 g/mol. The second-order valence-corrected chi connectivity index (χ2v) is 4.67. The van der Waals surface area contributed by atoms with Crippen LogP contribution in [0.5, 0.6) is 0 Å². The van der Waals surface area contributed by atoms with Gasteiger partial charge in [0.1, 0.15) is 11.7 Å². The Hall–Kier alpha value is -1.78. The number of nitrogens with one attached hydrogen (secondary N) is 1. The summed E-state index contributed by atoms with van der Waals surface area (Å²) in [5, 5.41) is 11.6. The highest BCUT2D eigenvalue weighted by molar-refractivity contribution is 5.95. The minimum atomic E-state index is -0.994. The van der Waals surface area contributed by atoms with Crippen LogP contribution in [-0.2, 0) is 11.3 Å². The van der Waals surface area contributed by atoms with Crippen molar-refractivity contribution in [3.05, 3.63) is 24.0 Å². The highest BCUT2D eigenvalue weighted by Gasteiger charge is 2.22. The highest BCUT2D eigenvalue weighted by Crippen LogP contribution is 2.07. The predicted octanol–water partition coefficient (Wildman–Crippen LogP) is 1.74. The standard InChI is InChI=1S/C13H20N2O3/c1-4-15-7-5-6-11(15)12(16)14-10(13(17)18)8-9(2)3/h5-7,9-10H,4,8H2,1-3H3,(H,14,16)(H,17,18)/t10-/m1/s1. The van der Waals surface area contributed by atoms with E-state index in [1.807, 2.05) is 20.8 Å². The summed E-state index contributed by atoms with van der Waals surface area (Å²) in [7, 11) is 0. The Bertz CT molecular complexity index is 424. The van der Waals surface area contributed by atoms with E-state index in [4.69, 9.17) is 5.11 Å². The molecule has 100 valence electrons. The van der Waals surface area contributed by atoms with Gasteiger partial charge in [-0.2, -0.15) is 0 Å². The molecule has 5 nitrogen and oxygen atoms in total. The summed E-state index contributed by atoms with van der Waals surface area (Å²) < 4.78 is 1.78. The number of carboxylic acids is 1. The first-order valence-electron chi connectivity index (χ1n) is 6.14. The van der Waals surface area contributed by atoms with Crippen LogP contribution >= 0.6 is 0 Å². The molecule has 1 aromatic heterocycles. The Balaban J connectivity index is 2.75. The van der Waals surface area contributed by atoms with Crippen molar-refractivity contribution in [2.45, 2.75) is 39.8 Å². The summed E-state index contributed by atoms with van der Waals surface area (Å²) in [6.45, 7) is 6.46. The first kappa shape index (κ1) is 14.3. The molecule has 0 aliphatic carbocycles. The lowest BCUT2D eigenvalue weighted by atomic mass is 10.0. The molecule has 5 heteroatoms. The Morgan fingerprint density at radius 3 is 2.61 bits per heavy atom. The topological polar surface area (TPSA) is 71.3 Å². The number of hydrogen-bond donors (Lipinski definition) is 2. The van der Waals surface area contributed by atoms with E-state index in [0.29, 0.717) is 18.7 Å². The fraction of sp³-hybridized carbons (Fsp3) is 0.538. The summed E-state index contributed by atoms with van der Waals surface area (Å²) in [6.07, 6.45) is 2.22. The lowest BCUT2D eigenvalue weighted by molar-refractivity contribution is -0.139. The number of aromatic nitrogens is 1. The van der Waals surface area contributed by atoms with Crippen molar-refractivity contribution in [3.63, 3.8) is 0 Å². The zero-order valence-corrected chi connectivity index (χ0v) is 11.0. The average Bonchev–Trinajstić information content (AvgIpc) is 2.75. The van der Waals surface area contributed by atoms with Crippen molar-refractivity contribution in [2.24, 2.45) is 5.92 Å². The molecule has 0 aliphatic heterocycles. The highest BCUT2D eigenvalue weighted by atomic mass is 16.4. The van der Waals surface area contributed by atoms with Crippen LogP contribution < -0.4 is 5.32 Å². The van der Waals surface area contributed by atoms with E-state index in [0.717, 1.165) is 0 Å². The quantitative estimate of drug-likeness (QED) is 0.810. The van der Waals surface area contributed by atoms with Crippen molar-refractivity contribution < 1.29 is 14.7 Å². The zero-order chi connectivity index (χ0) is 13.7. The average molecular weight is 252 g/mol. The van der Waals surface area contributed by atoms with Crippen LogP contribution in [0.4, 0.5) is 0 Å². The molecule has 0 bridgehead atoms. The Morgan fingerprint density at radius 2 is 2.11 bits per heavy atom. The fourth-order valence-electron chi connectivity index (χ4n) is 1.82. The molecule has 0 saturated heterocycles. The first-order valence-corrected chi connectivity index (χ1v) is 6.14. The molecular formula is C13H20N2O3. The van der Waals surface area contributed by atoms with Gasteiger partial charge in [0.15, 0.2) is 0 Å². The third kappa shape index (κ3) is 3.61. The fourth-order valence-corrected chi connectivity index (χ4v) is 1.82. The van der Waals surface area contributed by atoms with E-state index in [1.165, 1.54) is 0 Å². The molecule has 0 spiro atoms. The molecule has 1 rings (SSSR count). The number of rotatable bonds is 6. The number of amides is 1. The minimum absolute atomic E-state index is 0.212. The van der Waals surface area contributed by atoms with Crippen molar-refractivity contribution in [1.29, 1.82) is 0 Å². The van der Waals surface area contributed by atoms with E-state index in [2.05, 4.69) is 5.32 Å². The van der Waals surface area contributed by atoms with Gasteiger partial charge >= 0.3 is 5.97 Å². The van der Waals surface area contributed by atoms with Crippen LogP contribution in [0.1, 0.15) is 37.7 Å². The van der Waals surface area contributed by atoms with Crippen molar-refractivity contribution in [2.75, 3.05) is 0 Å². The molecule has 0 aromatic carbocycles. The van der Waals surface area contributed by atoms with E-state index in [1.54, 1.807) is 22.9 Å². The smallest absolute Gasteiger partial charge is 0.326 e. The summed E-state index contributed by atoms with van der Waals surface area (Å²) in [5.74, 6) is -1.12. The molecule has 0 aliphatic rings. The van der Waals surface area contributed by atoms with Gasteiger partial charge in [0.25, 0.3) is 5.91 Å². The molecule has 1 heterocycles. The summed E-state index contributed by atoms with van der Waals surface area (Å²) >= 11 is 0. The lowest BCUT2D eigenvalue weighted by Crippen LogP contribution is -2.42. The molecule has 1 aromatic rings. The van der Waals surface area contributed by atoms with Gasteiger partial charge in [-0.15, -0.1) is 0 Å². The Kier molecular flexibility index (Phi) is 4.95. The third-order valence-corrected chi connectivity index (χ3v) is 2.71. The normalized spacial score (nSPS) is 12.4. The Labute approximate surface area is 107 Å². The largest absolute Gasteiger partial charge is 0.480 e. The van der Waals surface area contributed by atoms with E-state index in [9.17, 15) is 9.59 Å². The number of carbonyl (C=O) groups is 2. The first-order chi connectivity index (χ1) is 8.45. The molecule has 2 N–H and O–H groups in total. The maximum atomic E-state index is 12.0. The molecule has 0 fully saturated rings. The number of carboxylic acid groups (broad SMARTS) is 1. The minimum Gasteiger partial charge on any atom is -0.480 e. The zero-order valence-electron chi connectivity index (χ0n) is 11.0. The summed E-state index contributed by atoms with van der Waals surface area (Å²) in [5.41, 5.74) is 0.493. The van der Waals surface area contributed by atoms with Crippen LogP contribution in [0.2, 0.25) is 0 Å². The van der Waals surface area contributed by atoms with Gasteiger partial charge in [-0.25, -0.2) is 4.79 Å². The maximum Gasteiger partial charge on any atom is 0.326 e. The van der Waals surface area contributed by atoms with Gasteiger partial charge in [-0.05, 0) is 31.4 Å². The summed E-state index contributed by atoms with van der Waals surface area (Å²) in [6, 6.07) is 2.63. The van der Waals surface area contributed by atoms with Crippen LogP contribution in [0.3, 0.4) is 0 Å². The van der Waals surface area contributed by atoms with Crippen molar-refractivity contribution >= 4 is 11.9 Å². The van der Waals surface area contributed by atoms with Gasteiger partial charge in [0.05, 0.1) is 0 Å². The van der Waals surface area contributed by atoms with Gasteiger partial charge in [-0.3, -0.25) is 4.79 Å².